The van der Waals surface area contributed by atoms with Crippen molar-refractivity contribution in [2.75, 3.05) is 26.2 Å². The van der Waals surface area contributed by atoms with Crippen molar-refractivity contribution in [3.8, 4) is 11.5 Å². The van der Waals surface area contributed by atoms with Crippen LogP contribution in [-0.4, -0.2) is 64.8 Å². The van der Waals surface area contributed by atoms with E-state index in [4.69, 9.17) is 4.74 Å². The minimum Gasteiger partial charge on any atom is -0.508 e. The monoisotopic (exact) mass is 497 g/mol. The van der Waals surface area contributed by atoms with Crippen LogP contribution in [0.3, 0.4) is 0 Å². The van der Waals surface area contributed by atoms with Gasteiger partial charge in [0, 0.05) is 26.2 Å². The molecule has 3 rings (SSSR count). The number of likely N-dealkylation sites (tertiary alicyclic amines) is 1. The van der Waals surface area contributed by atoms with Crippen molar-refractivity contribution in [3.63, 3.8) is 0 Å². The molecule has 3 amide bonds. The Bertz CT molecular complexity index is 975. The van der Waals surface area contributed by atoms with Crippen molar-refractivity contribution in [3.05, 3.63) is 59.7 Å². The first kappa shape index (κ1) is 26.8. The van der Waals surface area contributed by atoms with Gasteiger partial charge in [-0.05, 0) is 69.0 Å². The van der Waals surface area contributed by atoms with Crippen LogP contribution in [0.1, 0.15) is 31.9 Å². The number of aromatic hydroxyl groups is 2. The van der Waals surface area contributed by atoms with E-state index in [2.05, 4.69) is 10.6 Å². The molecule has 1 aliphatic rings. The van der Waals surface area contributed by atoms with Gasteiger partial charge in [-0.15, -0.1) is 0 Å². The molecule has 9 heteroatoms. The van der Waals surface area contributed by atoms with E-state index in [1.54, 1.807) is 69.3 Å². The van der Waals surface area contributed by atoms with Gasteiger partial charge in [-0.1, -0.05) is 24.3 Å². The maximum Gasteiger partial charge on any atom is 0.410 e. The standard InChI is InChI=1S/C27H35N3O6/c1-27(2,3)36-26(35)30-16-22(24(33)28-14-12-18-4-8-20(31)9-5-18)23(17-30)25(34)29-15-13-19-6-10-21(32)11-7-19/h4-11,22-23,31-32H,12-17H2,1-3H3,(H,28,33)(H,29,34)/t22-,23-/m0/s1. The molecule has 0 bridgehead atoms. The molecule has 9 nitrogen and oxygen atoms in total. The quantitative estimate of drug-likeness (QED) is 0.444. The Balaban J connectivity index is 1.60. The second kappa shape index (κ2) is 11.8. The molecule has 0 unspecified atom stereocenters. The highest BCUT2D eigenvalue weighted by Crippen LogP contribution is 2.26. The summed E-state index contributed by atoms with van der Waals surface area (Å²) in [7, 11) is 0. The van der Waals surface area contributed by atoms with E-state index in [1.807, 2.05) is 0 Å². The highest BCUT2D eigenvalue weighted by molar-refractivity contribution is 5.89. The maximum atomic E-state index is 13.1. The number of amides is 3. The van der Waals surface area contributed by atoms with E-state index in [9.17, 15) is 24.6 Å². The molecule has 1 aliphatic heterocycles. The molecule has 36 heavy (non-hydrogen) atoms. The normalized spacial score (nSPS) is 17.5. The lowest BCUT2D eigenvalue weighted by Gasteiger charge is -2.24. The molecule has 1 heterocycles. The Morgan fingerprint density at radius 3 is 1.56 bits per heavy atom. The smallest absolute Gasteiger partial charge is 0.410 e. The summed E-state index contributed by atoms with van der Waals surface area (Å²) in [6.07, 6.45) is 0.583. The summed E-state index contributed by atoms with van der Waals surface area (Å²) >= 11 is 0. The average Bonchev–Trinajstić information content (AvgIpc) is 3.27. The predicted molar refractivity (Wildman–Crippen MR) is 134 cm³/mol. The van der Waals surface area contributed by atoms with Crippen LogP contribution in [0, 0.1) is 11.8 Å². The number of carbonyl (C=O) groups excluding carboxylic acids is 3. The van der Waals surface area contributed by atoms with Gasteiger partial charge in [-0.2, -0.15) is 0 Å². The summed E-state index contributed by atoms with van der Waals surface area (Å²) in [5, 5.41) is 24.6. The van der Waals surface area contributed by atoms with Crippen LogP contribution in [0.25, 0.3) is 0 Å². The molecule has 1 saturated heterocycles. The van der Waals surface area contributed by atoms with Gasteiger partial charge >= 0.3 is 6.09 Å². The molecule has 194 valence electrons. The minimum absolute atomic E-state index is 0.0933. The van der Waals surface area contributed by atoms with Crippen LogP contribution in [0.4, 0.5) is 4.79 Å². The van der Waals surface area contributed by atoms with Crippen LogP contribution in [-0.2, 0) is 27.2 Å². The Labute approximate surface area is 211 Å². The van der Waals surface area contributed by atoms with E-state index in [1.165, 1.54) is 4.90 Å². The third-order valence-electron chi connectivity index (χ3n) is 5.94. The topological polar surface area (TPSA) is 128 Å². The van der Waals surface area contributed by atoms with Gasteiger partial charge in [-0.25, -0.2) is 4.79 Å². The number of hydrogen-bond donors (Lipinski definition) is 4. The van der Waals surface area contributed by atoms with E-state index < -0.39 is 23.5 Å². The van der Waals surface area contributed by atoms with Crippen molar-refractivity contribution >= 4 is 17.9 Å². The molecule has 2 atom stereocenters. The van der Waals surface area contributed by atoms with Crippen LogP contribution in [0.5, 0.6) is 11.5 Å². The number of benzene rings is 2. The van der Waals surface area contributed by atoms with Gasteiger partial charge in [0.25, 0.3) is 0 Å². The van der Waals surface area contributed by atoms with Crippen molar-refractivity contribution in [2.24, 2.45) is 11.8 Å². The Morgan fingerprint density at radius 2 is 1.19 bits per heavy atom. The number of hydrogen-bond acceptors (Lipinski definition) is 6. The highest BCUT2D eigenvalue weighted by Gasteiger charge is 2.44. The molecular formula is C27H35N3O6. The van der Waals surface area contributed by atoms with Crippen molar-refractivity contribution in [1.82, 2.24) is 15.5 Å². The van der Waals surface area contributed by atoms with Gasteiger partial charge in [0.05, 0.1) is 11.8 Å². The molecule has 4 N–H and O–H groups in total. The second-order valence-electron chi connectivity index (χ2n) is 10.0. The zero-order chi connectivity index (χ0) is 26.3. The van der Waals surface area contributed by atoms with Gasteiger partial charge in [0.2, 0.25) is 11.8 Å². The van der Waals surface area contributed by atoms with Gasteiger partial charge in [0.1, 0.15) is 17.1 Å². The Hall–Kier alpha value is -3.75. The zero-order valence-corrected chi connectivity index (χ0v) is 21.0. The highest BCUT2D eigenvalue weighted by atomic mass is 16.6. The molecule has 0 spiro atoms. The number of rotatable bonds is 8. The number of nitrogens with one attached hydrogen (secondary N) is 2. The van der Waals surface area contributed by atoms with Crippen molar-refractivity contribution in [1.29, 1.82) is 0 Å². The fraction of sp³-hybridized carbons (Fsp3) is 0.444. The van der Waals surface area contributed by atoms with Gasteiger partial charge < -0.3 is 30.5 Å². The second-order valence-corrected chi connectivity index (χ2v) is 10.0. The zero-order valence-electron chi connectivity index (χ0n) is 21.0. The lowest BCUT2D eigenvalue weighted by atomic mass is 9.94. The molecule has 0 aromatic heterocycles. The third-order valence-corrected chi connectivity index (χ3v) is 5.94. The van der Waals surface area contributed by atoms with E-state index in [0.29, 0.717) is 25.9 Å². The largest absolute Gasteiger partial charge is 0.508 e. The lowest BCUT2D eigenvalue weighted by Crippen LogP contribution is -2.42. The number of nitrogens with zero attached hydrogens (tertiary/aromatic N) is 1. The first-order valence-corrected chi connectivity index (χ1v) is 12.1. The number of ether oxygens (including phenoxy) is 1. The summed E-state index contributed by atoms with van der Waals surface area (Å²) in [6.45, 7) is 6.21. The molecule has 0 aliphatic carbocycles. The summed E-state index contributed by atoms with van der Waals surface area (Å²) in [5.74, 6) is -1.64. The fourth-order valence-electron chi connectivity index (χ4n) is 4.06. The van der Waals surface area contributed by atoms with Crippen molar-refractivity contribution < 1.29 is 29.3 Å². The first-order valence-electron chi connectivity index (χ1n) is 12.1. The molecular weight excluding hydrogens is 462 g/mol. The van der Waals surface area contributed by atoms with Crippen molar-refractivity contribution in [2.45, 2.75) is 39.2 Å². The first-order chi connectivity index (χ1) is 17.0. The number of carbonyl (C=O) groups is 3. The average molecular weight is 498 g/mol. The SMILES string of the molecule is CC(C)(C)OC(=O)N1C[C@H](C(=O)NCCc2ccc(O)cc2)[C@@H](C(=O)NCCc2ccc(O)cc2)C1. The van der Waals surface area contributed by atoms with Gasteiger partial charge in [0.15, 0.2) is 0 Å². The van der Waals surface area contributed by atoms with E-state index >= 15 is 0 Å². The number of phenolic OH excluding ortho intramolecular Hbond substituents is 2. The Kier molecular flexibility index (Phi) is 8.79. The molecule has 2 aromatic rings. The molecule has 1 fully saturated rings. The molecule has 0 radical (unpaired) electrons. The van der Waals surface area contributed by atoms with E-state index in [0.717, 1.165) is 11.1 Å². The minimum atomic E-state index is -0.703. The molecule has 2 aromatic carbocycles. The Morgan fingerprint density at radius 1 is 0.806 bits per heavy atom. The van der Waals surface area contributed by atoms with Crippen LogP contribution >= 0.6 is 0 Å². The van der Waals surface area contributed by atoms with Crippen LogP contribution < -0.4 is 10.6 Å². The summed E-state index contributed by atoms with van der Waals surface area (Å²) in [4.78, 5) is 40.2. The third kappa shape index (κ3) is 7.90. The summed E-state index contributed by atoms with van der Waals surface area (Å²) < 4.78 is 5.46. The predicted octanol–water partition coefficient (Wildman–Crippen LogP) is 2.60. The molecule has 0 saturated carbocycles. The van der Waals surface area contributed by atoms with Gasteiger partial charge in [-0.3, -0.25) is 9.59 Å². The fourth-order valence-corrected chi connectivity index (χ4v) is 4.06. The van der Waals surface area contributed by atoms with E-state index in [-0.39, 0.29) is 36.4 Å². The summed E-state index contributed by atoms with van der Waals surface area (Å²) in [6, 6.07) is 13.5. The number of phenols is 2. The maximum absolute atomic E-state index is 13.1. The van der Waals surface area contributed by atoms with Crippen LogP contribution in [0.2, 0.25) is 0 Å². The summed E-state index contributed by atoms with van der Waals surface area (Å²) in [5.41, 5.74) is 1.22. The van der Waals surface area contributed by atoms with Crippen LogP contribution in [0.15, 0.2) is 48.5 Å². The lowest BCUT2D eigenvalue weighted by molar-refractivity contribution is -0.132.